The Morgan fingerprint density at radius 2 is 1.09 bits per heavy atom. The lowest BCUT2D eigenvalue weighted by Crippen LogP contribution is -2.33. The smallest absolute Gasteiger partial charge is 0.334 e. The van der Waals surface area contributed by atoms with Crippen LogP contribution in [0.1, 0.15) is 168 Å². The molecule has 0 aromatic carbocycles. The molecule has 3 aliphatic rings. The van der Waals surface area contributed by atoms with Crippen LogP contribution >= 0.6 is 0 Å². The predicted molar refractivity (Wildman–Crippen MR) is 175 cm³/mol. The highest BCUT2D eigenvalue weighted by Crippen LogP contribution is 2.34. The highest BCUT2D eigenvalue weighted by molar-refractivity contribution is 5.90. The van der Waals surface area contributed by atoms with E-state index < -0.39 is 12.2 Å². The predicted octanol–water partition coefficient (Wildman–Crippen LogP) is 7.86. The van der Waals surface area contributed by atoms with E-state index in [1.807, 2.05) is 13.0 Å². The van der Waals surface area contributed by atoms with Crippen molar-refractivity contribution in [1.82, 2.24) is 0 Å². The van der Waals surface area contributed by atoms with Gasteiger partial charge in [0.05, 0.1) is 42.7 Å². The van der Waals surface area contributed by atoms with Gasteiger partial charge in [-0.05, 0) is 57.9 Å². The molecule has 3 rings (SSSR count). The van der Waals surface area contributed by atoms with E-state index in [1.54, 1.807) is 0 Å². The summed E-state index contributed by atoms with van der Waals surface area (Å²) in [5.41, 5.74) is 0.617. The van der Waals surface area contributed by atoms with Gasteiger partial charge in [-0.1, -0.05) is 110 Å². The molecule has 0 spiro atoms. The fourth-order valence-corrected chi connectivity index (χ4v) is 7.28. The van der Waals surface area contributed by atoms with Gasteiger partial charge in [0.2, 0.25) is 0 Å². The molecular formula is C37H66O7. The second kappa shape index (κ2) is 21.7. The van der Waals surface area contributed by atoms with Crippen molar-refractivity contribution in [3.05, 3.63) is 11.6 Å². The Balaban J connectivity index is 1.13. The van der Waals surface area contributed by atoms with Gasteiger partial charge in [-0.2, -0.15) is 0 Å². The first kappa shape index (κ1) is 37.5. The van der Waals surface area contributed by atoms with Crippen LogP contribution in [0.5, 0.6) is 0 Å². The molecule has 3 heterocycles. The summed E-state index contributed by atoms with van der Waals surface area (Å²) in [6, 6.07) is 0. The van der Waals surface area contributed by atoms with Gasteiger partial charge in [0, 0.05) is 12.0 Å². The molecule has 2 fully saturated rings. The molecule has 0 radical (unpaired) electrons. The molecule has 0 amide bonds. The zero-order valence-corrected chi connectivity index (χ0v) is 28.1. The van der Waals surface area contributed by atoms with Gasteiger partial charge in [0.15, 0.2) is 0 Å². The van der Waals surface area contributed by atoms with Crippen molar-refractivity contribution < 1.29 is 34.3 Å². The van der Waals surface area contributed by atoms with Crippen LogP contribution in [-0.4, -0.2) is 70.1 Å². The SMILES string of the molecule is CCCCCCCCCC[C@@H](O)[C@H]1CC[C@H]([C@H]2CC[C@H]([C@@H](O)CCCCCCCCCC[C@@H](O)CC3=C[C@H](C)OC3=O)O2)O1. The van der Waals surface area contributed by atoms with Crippen LogP contribution in [0.25, 0.3) is 0 Å². The van der Waals surface area contributed by atoms with E-state index in [2.05, 4.69) is 6.92 Å². The standard InChI is InChI=1S/C37H66O7/c1-3-4-5-6-7-11-14-17-20-31(39)33-22-24-35(43-33)36-25-23-34(44-36)32(40)21-18-15-12-9-8-10-13-16-19-30(38)27-29-26-28(2)42-37(29)41/h26,28,30-36,38-40H,3-25,27H2,1-2H3/t28-,30+,31+,32-,33+,34+,35+,36+/m0/s1. The molecule has 44 heavy (non-hydrogen) atoms. The first-order valence-electron chi connectivity index (χ1n) is 18.6. The quantitative estimate of drug-likeness (QED) is 0.0703. The number of carbonyl (C=O) groups is 1. The van der Waals surface area contributed by atoms with Gasteiger partial charge >= 0.3 is 5.97 Å². The molecule has 0 bridgehead atoms. The number of carbonyl (C=O) groups excluding carboxylic acids is 1. The number of unbranched alkanes of at least 4 members (excludes halogenated alkanes) is 14. The van der Waals surface area contributed by atoms with Crippen LogP contribution in [0.15, 0.2) is 11.6 Å². The van der Waals surface area contributed by atoms with Crippen molar-refractivity contribution in [3.8, 4) is 0 Å². The second-order valence-corrected chi connectivity index (χ2v) is 14.0. The summed E-state index contributed by atoms with van der Waals surface area (Å²) in [6.45, 7) is 4.09. The first-order chi connectivity index (χ1) is 21.4. The second-order valence-electron chi connectivity index (χ2n) is 14.0. The fourth-order valence-electron chi connectivity index (χ4n) is 7.28. The van der Waals surface area contributed by atoms with Crippen LogP contribution < -0.4 is 0 Å². The minimum atomic E-state index is -0.463. The molecule has 256 valence electrons. The van der Waals surface area contributed by atoms with Gasteiger partial charge in [0.1, 0.15) is 6.10 Å². The number of hydrogen-bond donors (Lipinski definition) is 3. The van der Waals surface area contributed by atoms with Crippen LogP contribution in [0, 0.1) is 0 Å². The summed E-state index contributed by atoms with van der Waals surface area (Å²) in [6.07, 6.45) is 26.1. The van der Waals surface area contributed by atoms with Gasteiger partial charge < -0.3 is 29.5 Å². The number of ether oxygens (including phenoxy) is 3. The van der Waals surface area contributed by atoms with E-state index >= 15 is 0 Å². The third kappa shape index (κ3) is 14.2. The largest absolute Gasteiger partial charge is 0.455 e. The number of esters is 1. The average Bonchev–Trinajstić information content (AvgIpc) is 3.75. The van der Waals surface area contributed by atoms with Crippen molar-refractivity contribution in [2.45, 2.75) is 217 Å². The Hall–Kier alpha value is -0.990. The lowest BCUT2D eigenvalue weighted by molar-refractivity contribution is -0.139. The van der Waals surface area contributed by atoms with Crippen LogP contribution in [0.4, 0.5) is 0 Å². The molecule has 8 atom stereocenters. The normalized spacial score (nSPS) is 27.4. The lowest BCUT2D eigenvalue weighted by Gasteiger charge is -2.24. The topological polar surface area (TPSA) is 105 Å². The minimum Gasteiger partial charge on any atom is -0.455 e. The zero-order chi connectivity index (χ0) is 31.6. The van der Waals surface area contributed by atoms with Gasteiger partial charge in [0.25, 0.3) is 0 Å². The Bertz CT molecular complexity index is 801. The fraction of sp³-hybridized carbons (Fsp3) is 0.919. The molecule has 3 N–H and O–H groups in total. The van der Waals surface area contributed by atoms with Crippen LogP contribution in [-0.2, 0) is 19.0 Å². The third-order valence-electron chi connectivity index (χ3n) is 10.0. The maximum atomic E-state index is 11.7. The van der Waals surface area contributed by atoms with E-state index in [4.69, 9.17) is 14.2 Å². The Morgan fingerprint density at radius 1 is 0.659 bits per heavy atom. The number of cyclic esters (lactones) is 1. The van der Waals surface area contributed by atoms with E-state index in [9.17, 15) is 20.1 Å². The van der Waals surface area contributed by atoms with Crippen LogP contribution in [0.2, 0.25) is 0 Å². The number of aliphatic hydroxyl groups excluding tert-OH is 3. The summed E-state index contributed by atoms with van der Waals surface area (Å²) in [7, 11) is 0. The Morgan fingerprint density at radius 3 is 1.52 bits per heavy atom. The number of hydrogen-bond acceptors (Lipinski definition) is 7. The minimum absolute atomic E-state index is 0.0519. The van der Waals surface area contributed by atoms with Crippen molar-refractivity contribution >= 4 is 5.97 Å². The molecule has 7 heteroatoms. The Labute approximate surface area is 268 Å². The molecule has 0 unspecified atom stereocenters. The summed E-state index contributed by atoms with van der Waals surface area (Å²) >= 11 is 0. The summed E-state index contributed by atoms with van der Waals surface area (Å²) < 4.78 is 17.7. The van der Waals surface area contributed by atoms with Crippen molar-refractivity contribution in [2.75, 3.05) is 0 Å². The number of aliphatic hydroxyl groups is 3. The van der Waals surface area contributed by atoms with Crippen molar-refractivity contribution in [2.24, 2.45) is 0 Å². The van der Waals surface area contributed by atoms with Crippen LogP contribution in [0.3, 0.4) is 0 Å². The maximum Gasteiger partial charge on any atom is 0.334 e. The van der Waals surface area contributed by atoms with Gasteiger partial charge in [-0.15, -0.1) is 0 Å². The molecule has 0 aliphatic carbocycles. The molecule has 0 aromatic rings. The first-order valence-corrected chi connectivity index (χ1v) is 18.6. The zero-order valence-electron chi connectivity index (χ0n) is 28.1. The number of rotatable bonds is 25. The van der Waals surface area contributed by atoms with E-state index in [0.29, 0.717) is 12.0 Å². The summed E-state index contributed by atoms with van der Waals surface area (Å²) in [4.78, 5) is 11.7. The third-order valence-corrected chi connectivity index (χ3v) is 10.0. The summed E-state index contributed by atoms with van der Waals surface area (Å²) in [5, 5.41) is 31.6. The molecule has 2 saturated heterocycles. The molecular weight excluding hydrogens is 556 g/mol. The van der Waals surface area contributed by atoms with Crippen molar-refractivity contribution in [1.29, 1.82) is 0 Å². The van der Waals surface area contributed by atoms with Gasteiger partial charge in [-0.3, -0.25) is 0 Å². The monoisotopic (exact) mass is 622 g/mol. The molecule has 0 aromatic heterocycles. The Kier molecular flexibility index (Phi) is 18.5. The molecule has 0 saturated carbocycles. The van der Waals surface area contributed by atoms with E-state index in [1.165, 1.54) is 70.6 Å². The average molecular weight is 623 g/mol. The van der Waals surface area contributed by atoms with E-state index in [0.717, 1.165) is 77.0 Å². The highest BCUT2D eigenvalue weighted by Gasteiger charge is 2.40. The van der Waals surface area contributed by atoms with E-state index in [-0.39, 0.29) is 42.6 Å². The maximum absolute atomic E-state index is 11.7. The highest BCUT2D eigenvalue weighted by atomic mass is 16.6. The van der Waals surface area contributed by atoms with Gasteiger partial charge in [-0.25, -0.2) is 4.79 Å². The molecule has 3 aliphatic heterocycles. The van der Waals surface area contributed by atoms with Crippen molar-refractivity contribution in [3.63, 3.8) is 0 Å². The molecule has 7 nitrogen and oxygen atoms in total. The summed E-state index contributed by atoms with van der Waals surface area (Å²) in [5.74, 6) is -0.281. The lowest BCUT2D eigenvalue weighted by atomic mass is 10.00.